The van der Waals surface area contributed by atoms with Gasteiger partial charge in [0.05, 0.1) is 30.1 Å². The van der Waals surface area contributed by atoms with Gasteiger partial charge in [-0.1, -0.05) is 6.07 Å². The predicted octanol–water partition coefficient (Wildman–Crippen LogP) is 3.74. The Balaban J connectivity index is 1.60. The number of hydrogen-bond donors (Lipinski definition) is 2. The van der Waals surface area contributed by atoms with E-state index in [1.807, 2.05) is 62.0 Å². The van der Waals surface area contributed by atoms with Crippen LogP contribution in [0.2, 0.25) is 0 Å². The maximum atomic E-state index is 12.7. The first-order valence-corrected chi connectivity index (χ1v) is 9.27. The number of hydrogen-bond acceptors (Lipinski definition) is 5. The van der Waals surface area contributed by atoms with E-state index in [1.165, 1.54) is 0 Å². The van der Waals surface area contributed by atoms with Crippen LogP contribution in [0.4, 0.5) is 11.5 Å². The number of aromatic nitrogens is 3. The summed E-state index contributed by atoms with van der Waals surface area (Å²) in [5, 5.41) is 10.3. The zero-order valence-corrected chi connectivity index (χ0v) is 16.3. The Bertz CT molecular complexity index is 905. The second-order valence-corrected chi connectivity index (χ2v) is 6.75. The van der Waals surface area contributed by atoms with Gasteiger partial charge in [-0.15, -0.1) is 0 Å². The molecule has 7 nitrogen and oxygen atoms in total. The highest BCUT2D eigenvalue weighted by atomic mass is 16.5. The molecule has 28 heavy (non-hydrogen) atoms. The van der Waals surface area contributed by atoms with Crippen LogP contribution >= 0.6 is 0 Å². The summed E-state index contributed by atoms with van der Waals surface area (Å²) in [4.78, 5) is 17.0. The van der Waals surface area contributed by atoms with E-state index in [1.54, 1.807) is 18.5 Å². The lowest BCUT2D eigenvalue weighted by Crippen LogP contribution is -2.16. The average Bonchev–Trinajstić information content (AvgIpc) is 3.16. The Labute approximate surface area is 164 Å². The minimum absolute atomic E-state index is 0.0119. The molecular formula is C21H25N5O2. The molecule has 2 aromatic heterocycles. The smallest absolute Gasteiger partial charge is 0.259 e. The van der Waals surface area contributed by atoms with Crippen LogP contribution < -0.4 is 15.4 Å². The van der Waals surface area contributed by atoms with Crippen molar-refractivity contribution < 1.29 is 9.53 Å². The molecule has 0 spiro atoms. The third-order valence-corrected chi connectivity index (χ3v) is 3.97. The first-order chi connectivity index (χ1) is 13.5. The third kappa shape index (κ3) is 5.33. The molecule has 3 rings (SSSR count). The minimum atomic E-state index is -0.225. The van der Waals surface area contributed by atoms with E-state index in [0.29, 0.717) is 23.5 Å². The molecule has 0 aliphatic rings. The molecule has 0 saturated heterocycles. The Morgan fingerprint density at radius 3 is 2.79 bits per heavy atom. The van der Waals surface area contributed by atoms with Crippen LogP contribution in [-0.2, 0) is 6.54 Å². The number of nitrogens with zero attached hydrogens (tertiary/aromatic N) is 3. The maximum Gasteiger partial charge on any atom is 0.259 e. The van der Waals surface area contributed by atoms with E-state index >= 15 is 0 Å². The molecule has 0 radical (unpaired) electrons. The Morgan fingerprint density at radius 1 is 1.25 bits per heavy atom. The number of benzene rings is 1. The second-order valence-electron chi connectivity index (χ2n) is 6.75. The lowest BCUT2D eigenvalue weighted by Gasteiger charge is -2.15. The van der Waals surface area contributed by atoms with Crippen LogP contribution in [0.1, 0.15) is 29.8 Å². The molecule has 2 N–H and O–H groups in total. The summed E-state index contributed by atoms with van der Waals surface area (Å²) in [5.41, 5.74) is 2.17. The normalized spacial score (nSPS) is 10.7. The number of carbonyl (C=O) groups is 1. The predicted molar refractivity (Wildman–Crippen MR) is 110 cm³/mol. The van der Waals surface area contributed by atoms with E-state index in [0.717, 1.165) is 17.9 Å². The van der Waals surface area contributed by atoms with Crippen LogP contribution in [0.3, 0.4) is 0 Å². The molecule has 0 aliphatic carbocycles. The van der Waals surface area contributed by atoms with Gasteiger partial charge in [0.2, 0.25) is 0 Å². The number of pyridine rings is 1. The molecule has 0 atom stereocenters. The number of ether oxygens (including phenoxy) is 1. The monoisotopic (exact) mass is 379 g/mol. The molecule has 0 bridgehead atoms. The highest BCUT2D eigenvalue weighted by molar-refractivity contribution is 6.06. The van der Waals surface area contributed by atoms with Crippen molar-refractivity contribution in [3.05, 3.63) is 66.1 Å². The van der Waals surface area contributed by atoms with Gasteiger partial charge in [0.25, 0.3) is 5.91 Å². The van der Waals surface area contributed by atoms with Gasteiger partial charge in [-0.25, -0.2) is 4.98 Å². The summed E-state index contributed by atoms with van der Waals surface area (Å²) >= 11 is 0. The van der Waals surface area contributed by atoms with Gasteiger partial charge in [-0.2, -0.15) is 5.10 Å². The molecule has 0 fully saturated rings. The highest BCUT2D eigenvalue weighted by Gasteiger charge is 2.14. The van der Waals surface area contributed by atoms with Crippen molar-refractivity contribution in [2.45, 2.75) is 33.4 Å². The number of carbonyl (C=O) groups excluding carboxylic acids is 1. The summed E-state index contributed by atoms with van der Waals surface area (Å²) in [5.74, 6) is 1.10. The fraction of sp³-hybridized carbons (Fsp3) is 0.286. The molecule has 2 heterocycles. The van der Waals surface area contributed by atoms with Crippen LogP contribution in [0, 0.1) is 6.92 Å². The van der Waals surface area contributed by atoms with Gasteiger partial charge in [-0.3, -0.25) is 9.48 Å². The SMILES string of the molecule is Cc1ccc(C(=O)Nc2ccc(NCCn3cccn3)nc2)c(OC(C)C)c1. The molecule has 1 amide bonds. The molecule has 7 heteroatoms. The molecule has 0 saturated carbocycles. The number of amides is 1. The van der Waals surface area contributed by atoms with Crippen molar-refractivity contribution in [1.82, 2.24) is 14.8 Å². The summed E-state index contributed by atoms with van der Waals surface area (Å²) in [6.07, 6.45) is 5.28. The van der Waals surface area contributed by atoms with Crippen LogP contribution in [0.15, 0.2) is 55.0 Å². The molecule has 3 aromatic rings. The number of anilines is 2. The Kier molecular flexibility index (Phi) is 6.26. The topological polar surface area (TPSA) is 81.1 Å². The second kappa shape index (κ2) is 9.03. The summed E-state index contributed by atoms with van der Waals surface area (Å²) in [6.45, 7) is 7.30. The molecule has 0 aliphatic heterocycles. The van der Waals surface area contributed by atoms with Crippen molar-refractivity contribution in [2.24, 2.45) is 0 Å². The van der Waals surface area contributed by atoms with Gasteiger partial charge in [0, 0.05) is 18.9 Å². The Morgan fingerprint density at radius 2 is 2.11 bits per heavy atom. The number of aryl methyl sites for hydroxylation is 1. The van der Waals surface area contributed by atoms with Gasteiger partial charge in [0.1, 0.15) is 11.6 Å². The zero-order valence-electron chi connectivity index (χ0n) is 16.3. The molecule has 146 valence electrons. The third-order valence-electron chi connectivity index (χ3n) is 3.97. The fourth-order valence-corrected chi connectivity index (χ4v) is 2.67. The van der Waals surface area contributed by atoms with Crippen molar-refractivity contribution in [3.63, 3.8) is 0 Å². The van der Waals surface area contributed by atoms with E-state index in [9.17, 15) is 4.79 Å². The molecular weight excluding hydrogens is 354 g/mol. The van der Waals surface area contributed by atoms with Gasteiger partial charge >= 0.3 is 0 Å². The average molecular weight is 379 g/mol. The molecule has 0 unspecified atom stereocenters. The van der Waals surface area contributed by atoms with E-state index < -0.39 is 0 Å². The van der Waals surface area contributed by atoms with Crippen molar-refractivity contribution in [2.75, 3.05) is 17.2 Å². The first-order valence-electron chi connectivity index (χ1n) is 9.27. The lowest BCUT2D eigenvalue weighted by atomic mass is 10.1. The van der Waals surface area contributed by atoms with Crippen molar-refractivity contribution in [3.8, 4) is 5.75 Å². The van der Waals surface area contributed by atoms with Gasteiger partial charge < -0.3 is 15.4 Å². The standard InChI is InChI=1S/C21H25N5O2/c1-15(2)28-19-13-16(3)5-7-18(19)21(27)25-17-6-8-20(23-14-17)22-10-12-26-11-4-9-24-26/h4-9,11,13-15H,10,12H2,1-3H3,(H,22,23)(H,25,27). The van der Waals surface area contributed by atoms with Crippen LogP contribution in [0.25, 0.3) is 0 Å². The summed E-state index contributed by atoms with van der Waals surface area (Å²) in [7, 11) is 0. The minimum Gasteiger partial charge on any atom is -0.490 e. The first kappa shape index (κ1) is 19.4. The highest BCUT2D eigenvalue weighted by Crippen LogP contribution is 2.23. The van der Waals surface area contributed by atoms with Crippen molar-refractivity contribution in [1.29, 1.82) is 0 Å². The summed E-state index contributed by atoms with van der Waals surface area (Å²) < 4.78 is 7.63. The molecule has 1 aromatic carbocycles. The van der Waals surface area contributed by atoms with E-state index in [2.05, 4.69) is 20.7 Å². The largest absolute Gasteiger partial charge is 0.490 e. The van der Waals surface area contributed by atoms with Crippen LogP contribution in [-0.4, -0.2) is 33.3 Å². The van der Waals surface area contributed by atoms with Crippen LogP contribution in [0.5, 0.6) is 5.75 Å². The van der Waals surface area contributed by atoms with Crippen molar-refractivity contribution >= 4 is 17.4 Å². The Hall–Kier alpha value is -3.35. The van der Waals surface area contributed by atoms with Gasteiger partial charge in [0.15, 0.2) is 0 Å². The fourth-order valence-electron chi connectivity index (χ4n) is 2.67. The zero-order chi connectivity index (χ0) is 19.9. The maximum absolute atomic E-state index is 12.7. The number of nitrogens with one attached hydrogen (secondary N) is 2. The quantitative estimate of drug-likeness (QED) is 0.623. The summed E-state index contributed by atoms with van der Waals surface area (Å²) in [6, 6.07) is 11.1. The lowest BCUT2D eigenvalue weighted by molar-refractivity contribution is 0.102. The van der Waals surface area contributed by atoms with E-state index in [-0.39, 0.29) is 12.0 Å². The van der Waals surface area contributed by atoms with E-state index in [4.69, 9.17) is 4.74 Å². The number of rotatable bonds is 8. The van der Waals surface area contributed by atoms with Gasteiger partial charge in [-0.05, 0) is 56.7 Å².